The molecule has 0 aromatic heterocycles. The second-order valence-electron chi connectivity index (χ2n) is 8.94. The van der Waals surface area contributed by atoms with Crippen molar-refractivity contribution in [3.05, 3.63) is 88.5 Å². The van der Waals surface area contributed by atoms with Crippen molar-refractivity contribution in [1.82, 2.24) is 5.32 Å². The molecule has 3 aromatic carbocycles. The quantitative estimate of drug-likeness (QED) is 0.200. The number of hydrogen-bond acceptors (Lipinski definition) is 4. The van der Waals surface area contributed by atoms with E-state index < -0.39 is 64.9 Å². The van der Waals surface area contributed by atoms with Crippen molar-refractivity contribution in [3.8, 4) is 0 Å². The fourth-order valence-corrected chi connectivity index (χ4v) is 3.97. The van der Waals surface area contributed by atoms with Crippen LogP contribution in [0.4, 0.5) is 39.5 Å². The van der Waals surface area contributed by atoms with E-state index in [1.54, 1.807) is 23.5 Å². The lowest BCUT2D eigenvalue weighted by molar-refractivity contribution is -0.265. The number of rotatable bonds is 6. The maximum atomic E-state index is 14.0. The Morgan fingerprint density at radius 1 is 0.881 bits per heavy atom. The summed E-state index contributed by atoms with van der Waals surface area (Å²) < 4.78 is 115. The molecule has 0 aliphatic carbocycles. The van der Waals surface area contributed by atoms with Crippen molar-refractivity contribution in [2.45, 2.75) is 37.5 Å². The van der Waals surface area contributed by atoms with Crippen LogP contribution < -0.4 is 11.1 Å². The van der Waals surface area contributed by atoms with E-state index in [2.05, 4.69) is 6.58 Å². The third-order valence-corrected chi connectivity index (χ3v) is 5.91. The van der Waals surface area contributed by atoms with Gasteiger partial charge in [-0.05, 0) is 34.5 Å². The van der Waals surface area contributed by atoms with Gasteiger partial charge in [-0.25, -0.2) is 0 Å². The number of fused-ring (bicyclic) bond motifs is 1. The molecule has 1 amide bonds. The third-order valence-electron chi connectivity index (χ3n) is 5.70. The Bertz CT molecular complexity index is 1480. The molecular weight excluding hydrogens is 607 g/mol. The topological polar surface area (TPSA) is 92.4 Å². The van der Waals surface area contributed by atoms with Crippen LogP contribution in [0.25, 0.3) is 16.5 Å². The number of nitrogens with one attached hydrogen (secondary N) is 1. The fraction of sp³-hybridized carbons (Fsp3) is 0.259. The van der Waals surface area contributed by atoms with Gasteiger partial charge in [0.2, 0.25) is 5.91 Å². The van der Waals surface area contributed by atoms with E-state index in [0.29, 0.717) is 23.1 Å². The van der Waals surface area contributed by atoms with Gasteiger partial charge in [0.05, 0.1) is 12.0 Å². The number of aliphatic hydroxyl groups is 1. The van der Waals surface area contributed by atoms with Crippen LogP contribution in [0.3, 0.4) is 0 Å². The molecular formula is C27H22ClF9N2O3. The average Bonchev–Trinajstić information content (AvgIpc) is 2.85. The summed E-state index contributed by atoms with van der Waals surface area (Å²) in [6.07, 6.45) is -16.4. The molecule has 3 rings (SSSR count). The lowest BCUT2D eigenvalue weighted by atomic mass is 9.84. The number of nitrogens with two attached hydrogens (primary N) is 1. The van der Waals surface area contributed by atoms with Gasteiger partial charge < -0.3 is 16.2 Å². The number of hydrogen-bond donors (Lipinski definition) is 3. The summed E-state index contributed by atoms with van der Waals surface area (Å²) in [6, 6.07) is 9.97. The molecule has 5 nitrogen and oxygen atoms in total. The summed E-state index contributed by atoms with van der Waals surface area (Å²) >= 11 is 5.61. The number of benzene rings is 3. The second-order valence-corrected chi connectivity index (χ2v) is 9.38. The monoisotopic (exact) mass is 628 g/mol. The zero-order valence-corrected chi connectivity index (χ0v) is 22.2. The summed E-state index contributed by atoms with van der Waals surface area (Å²) in [5, 5.41) is 12.2. The van der Waals surface area contributed by atoms with Gasteiger partial charge in [-0.1, -0.05) is 54.6 Å². The Balaban J connectivity index is 0.000000592. The summed E-state index contributed by atoms with van der Waals surface area (Å²) in [6.45, 7) is 3.40. The normalized spacial score (nSPS) is 13.5. The predicted molar refractivity (Wildman–Crippen MR) is 137 cm³/mol. The van der Waals surface area contributed by atoms with Gasteiger partial charge >= 0.3 is 18.5 Å². The maximum absolute atomic E-state index is 14.0. The van der Waals surface area contributed by atoms with Crippen molar-refractivity contribution in [2.24, 2.45) is 5.73 Å². The summed E-state index contributed by atoms with van der Waals surface area (Å²) in [4.78, 5) is 22.9. The predicted octanol–water partition coefficient (Wildman–Crippen LogP) is 7.15. The van der Waals surface area contributed by atoms with E-state index in [0.717, 1.165) is 6.92 Å². The first kappa shape index (κ1) is 34.4. The van der Waals surface area contributed by atoms with Crippen LogP contribution in [0.1, 0.15) is 40.4 Å². The molecule has 0 bridgehead atoms. The number of ketones is 1. The van der Waals surface area contributed by atoms with Crippen molar-refractivity contribution >= 4 is 39.8 Å². The highest BCUT2D eigenvalue weighted by Crippen LogP contribution is 2.45. The van der Waals surface area contributed by atoms with Gasteiger partial charge in [0.25, 0.3) is 0 Å². The first-order chi connectivity index (χ1) is 19.1. The molecule has 0 aliphatic heterocycles. The Morgan fingerprint density at radius 3 is 1.81 bits per heavy atom. The second kappa shape index (κ2) is 12.6. The smallest absolute Gasteiger partial charge is 0.399 e. The van der Waals surface area contributed by atoms with Gasteiger partial charge in [-0.3, -0.25) is 9.59 Å². The molecule has 4 N–H and O–H groups in total. The molecule has 0 heterocycles. The minimum absolute atomic E-state index is 0.131. The van der Waals surface area contributed by atoms with Gasteiger partial charge in [0.15, 0.2) is 11.4 Å². The molecule has 0 saturated carbocycles. The summed E-state index contributed by atoms with van der Waals surface area (Å²) in [5.74, 6) is -1.82. The summed E-state index contributed by atoms with van der Waals surface area (Å²) in [7, 11) is 0. The van der Waals surface area contributed by atoms with E-state index in [9.17, 15) is 54.2 Å². The molecule has 1 unspecified atom stereocenters. The van der Waals surface area contributed by atoms with Crippen LogP contribution in [-0.4, -0.2) is 35.7 Å². The third kappa shape index (κ3) is 8.61. The molecule has 42 heavy (non-hydrogen) atoms. The highest BCUT2D eigenvalue weighted by atomic mass is 35.5. The van der Waals surface area contributed by atoms with Gasteiger partial charge in [0.1, 0.15) is 6.54 Å². The van der Waals surface area contributed by atoms with Crippen molar-refractivity contribution < 1.29 is 54.2 Å². The SMILES string of the molecule is C=C(N)c1ccc(C(=O)CC(O)(c2cc(Cl)cc(C(F)(F)F)c2)C(F)(F)F)c2ccccc12.CC(=O)NCC(F)(F)F. The number of amides is 1. The van der Waals surface area contributed by atoms with Gasteiger partial charge in [-0.2, -0.15) is 39.5 Å². The van der Waals surface area contributed by atoms with E-state index in [4.69, 9.17) is 17.3 Å². The Kier molecular flexibility index (Phi) is 10.3. The van der Waals surface area contributed by atoms with Crippen LogP contribution in [0, 0.1) is 0 Å². The molecule has 1 atom stereocenters. The van der Waals surface area contributed by atoms with Crippen LogP contribution in [0.15, 0.2) is 61.2 Å². The largest absolute Gasteiger partial charge is 0.421 e. The molecule has 0 spiro atoms. The maximum Gasteiger partial charge on any atom is 0.421 e. The molecule has 228 valence electrons. The molecule has 3 aromatic rings. The van der Waals surface area contributed by atoms with E-state index >= 15 is 0 Å². The van der Waals surface area contributed by atoms with Crippen molar-refractivity contribution in [2.75, 3.05) is 6.54 Å². The number of Topliss-reactive ketones (excluding diaryl/α,β-unsaturated/α-hetero) is 1. The Hall–Kier alpha value is -3.78. The highest BCUT2D eigenvalue weighted by molar-refractivity contribution is 6.30. The number of carbonyl (C=O) groups is 2. The van der Waals surface area contributed by atoms with Crippen molar-refractivity contribution in [3.63, 3.8) is 0 Å². The molecule has 0 aliphatic rings. The van der Waals surface area contributed by atoms with Gasteiger partial charge in [0, 0.05) is 28.8 Å². The van der Waals surface area contributed by atoms with Crippen LogP contribution in [-0.2, 0) is 16.6 Å². The lowest BCUT2D eigenvalue weighted by Gasteiger charge is -2.31. The van der Waals surface area contributed by atoms with Gasteiger partial charge in [-0.15, -0.1) is 0 Å². The van der Waals surface area contributed by atoms with Crippen LogP contribution in [0.2, 0.25) is 5.02 Å². The zero-order valence-electron chi connectivity index (χ0n) is 21.4. The van der Waals surface area contributed by atoms with E-state index in [1.807, 2.05) is 0 Å². The van der Waals surface area contributed by atoms with Crippen molar-refractivity contribution in [1.29, 1.82) is 0 Å². The minimum Gasteiger partial charge on any atom is -0.399 e. The number of carbonyl (C=O) groups excluding carboxylic acids is 2. The average molecular weight is 629 g/mol. The summed E-state index contributed by atoms with van der Waals surface area (Å²) in [5.41, 5.74) is -0.428. The fourth-order valence-electron chi connectivity index (χ4n) is 3.73. The standard InChI is InChI=1S/C23H16ClF6NO2.C4H6F3NO/c1-12(31)16-6-7-19(18-5-3-2-4-17(16)18)20(32)11-21(33,23(28,29)30)13-8-14(22(25,26)27)10-15(24)9-13;1-3(9)8-2-4(5,6)7/h2-10,33H,1,11,31H2;2H2,1H3,(H,8,9). The lowest BCUT2D eigenvalue weighted by Crippen LogP contribution is -2.44. The molecule has 15 heteroatoms. The highest BCUT2D eigenvalue weighted by Gasteiger charge is 2.56. The Labute approximate surface area is 237 Å². The molecule has 0 fully saturated rings. The van der Waals surface area contributed by atoms with Crippen LogP contribution >= 0.6 is 11.6 Å². The number of alkyl halides is 9. The first-order valence-electron chi connectivity index (χ1n) is 11.5. The minimum atomic E-state index is -5.49. The Morgan fingerprint density at radius 2 is 1.38 bits per heavy atom. The zero-order chi connectivity index (χ0) is 32.3. The van der Waals surface area contributed by atoms with Crippen LogP contribution in [0.5, 0.6) is 0 Å². The first-order valence-corrected chi connectivity index (χ1v) is 11.9. The molecule has 0 radical (unpaired) electrons. The number of halogens is 10. The van der Waals surface area contributed by atoms with E-state index in [-0.39, 0.29) is 22.7 Å². The molecule has 0 saturated heterocycles. The van der Waals surface area contributed by atoms with E-state index in [1.165, 1.54) is 18.2 Å².